The fraction of sp³-hybridized carbons (Fsp3) is 0.647. The van der Waals surface area contributed by atoms with Crippen molar-refractivity contribution in [3.8, 4) is 6.07 Å². The summed E-state index contributed by atoms with van der Waals surface area (Å²) in [5, 5.41) is 15.4. The average molecular weight is 319 g/mol. The molecule has 1 aliphatic carbocycles. The Kier molecular flexibility index (Phi) is 7.46. The first kappa shape index (κ1) is 18.9. The molecule has 6 heteroatoms. The van der Waals surface area contributed by atoms with E-state index in [4.69, 9.17) is 4.74 Å². The van der Waals surface area contributed by atoms with Crippen molar-refractivity contribution in [1.82, 2.24) is 5.32 Å². The van der Waals surface area contributed by atoms with Gasteiger partial charge in [-0.3, -0.25) is 0 Å². The van der Waals surface area contributed by atoms with Crippen LogP contribution in [0.4, 0.5) is 0 Å². The smallest absolute Gasteiger partial charge is 0.349 e. The van der Waals surface area contributed by atoms with Crippen LogP contribution in [0, 0.1) is 21.7 Å². The number of nitrogens with zero attached hydrogens (tertiary/aromatic N) is 2. The average Bonchev–Trinajstić information content (AvgIpc) is 2.47. The van der Waals surface area contributed by atoms with Crippen LogP contribution in [0.5, 0.6) is 0 Å². The molecule has 6 nitrogen and oxygen atoms in total. The Morgan fingerprint density at radius 2 is 2.22 bits per heavy atom. The number of ether oxygens (including phenoxy) is 1. The highest BCUT2D eigenvalue weighted by Crippen LogP contribution is 2.38. The molecule has 0 fully saturated rings. The Balaban J connectivity index is 2.97. The summed E-state index contributed by atoms with van der Waals surface area (Å²) in [6.07, 6.45) is 5.58. The maximum Gasteiger partial charge on any atom is 0.349 e. The summed E-state index contributed by atoms with van der Waals surface area (Å²) in [5.74, 6) is -0.687. The molecule has 126 valence electrons. The molecule has 1 N–H and O–H groups in total. The van der Waals surface area contributed by atoms with E-state index < -0.39 is 5.97 Å². The van der Waals surface area contributed by atoms with E-state index in [1.54, 1.807) is 0 Å². The molecule has 23 heavy (non-hydrogen) atoms. The molecule has 0 amide bonds. The van der Waals surface area contributed by atoms with Gasteiger partial charge in [0.1, 0.15) is 24.8 Å². The molecule has 0 atom stereocenters. The van der Waals surface area contributed by atoms with Gasteiger partial charge in [0.15, 0.2) is 0 Å². The normalized spacial score (nSPS) is 18.4. The summed E-state index contributed by atoms with van der Waals surface area (Å²) < 4.78 is 4.93. The van der Waals surface area contributed by atoms with Crippen LogP contribution in [-0.4, -0.2) is 25.7 Å². The summed E-state index contributed by atoms with van der Waals surface area (Å²) in [6, 6.07) is 1.95. The lowest BCUT2D eigenvalue weighted by molar-refractivity contribution is -0.138. The summed E-state index contributed by atoms with van der Waals surface area (Å²) in [4.78, 5) is 22.1. The lowest BCUT2D eigenvalue weighted by Gasteiger charge is -2.32. The second-order valence-electron chi connectivity index (χ2n) is 6.47. The van der Waals surface area contributed by atoms with Crippen LogP contribution in [0.15, 0.2) is 28.1 Å². The van der Waals surface area contributed by atoms with Crippen LogP contribution in [0.2, 0.25) is 0 Å². The molecule has 0 saturated carbocycles. The van der Waals surface area contributed by atoms with Gasteiger partial charge in [0.2, 0.25) is 0 Å². The molecule has 0 radical (unpaired) electrons. The van der Waals surface area contributed by atoms with E-state index in [0.717, 1.165) is 31.5 Å². The van der Waals surface area contributed by atoms with Crippen molar-refractivity contribution in [3.63, 3.8) is 0 Å². The molecule has 0 aromatic carbocycles. The van der Waals surface area contributed by atoms with Gasteiger partial charge in [-0.15, -0.1) is 0 Å². The number of carbonyl (C=O) groups excluding carboxylic acids is 1. The number of allylic oxidation sites excluding steroid dienone is 3. The van der Waals surface area contributed by atoms with Crippen LogP contribution in [0.25, 0.3) is 0 Å². The zero-order valence-corrected chi connectivity index (χ0v) is 14.1. The second-order valence-corrected chi connectivity index (χ2v) is 6.47. The quantitative estimate of drug-likeness (QED) is 0.244. The Bertz CT molecular complexity index is 542. The number of nitriles is 1. The van der Waals surface area contributed by atoms with E-state index in [2.05, 4.69) is 31.3 Å². The van der Waals surface area contributed by atoms with Gasteiger partial charge in [-0.1, -0.05) is 32.4 Å². The van der Waals surface area contributed by atoms with E-state index in [9.17, 15) is 15.0 Å². The minimum absolute atomic E-state index is 0.0125. The molecular formula is C17H25N3O3. The van der Waals surface area contributed by atoms with Crippen molar-refractivity contribution in [3.05, 3.63) is 27.8 Å². The first-order valence-corrected chi connectivity index (χ1v) is 7.97. The predicted molar refractivity (Wildman–Crippen MR) is 88.3 cm³/mol. The standard InChI is InChI=1S/C17H25N3O3/c1-4-5-6-19-14-9-13(10-17(2,3)11-14)15(12-18)16(21)23-8-7-20-22/h9,19H,4-8,10-11H2,1-3H3/b15-13+. The first-order chi connectivity index (χ1) is 10.9. The number of carbonyl (C=O) groups is 1. The van der Waals surface area contributed by atoms with Gasteiger partial charge in [0, 0.05) is 12.2 Å². The molecule has 0 saturated heterocycles. The molecule has 0 bridgehead atoms. The third-order valence-electron chi connectivity index (χ3n) is 3.62. The molecule has 1 rings (SSSR count). The minimum atomic E-state index is -0.687. The first-order valence-electron chi connectivity index (χ1n) is 7.97. The van der Waals surface area contributed by atoms with Gasteiger partial charge in [-0.05, 0) is 36.3 Å². The van der Waals surface area contributed by atoms with Gasteiger partial charge in [0.25, 0.3) is 0 Å². The van der Waals surface area contributed by atoms with Crippen molar-refractivity contribution in [1.29, 1.82) is 5.26 Å². The van der Waals surface area contributed by atoms with Crippen molar-refractivity contribution in [2.24, 2.45) is 10.6 Å². The number of hydrogen-bond acceptors (Lipinski definition) is 6. The molecule has 1 aliphatic rings. The number of nitroso groups, excluding NO2 is 1. The third-order valence-corrected chi connectivity index (χ3v) is 3.62. The summed E-state index contributed by atoms with van der Waals surface area (Å²) >= 11 is 0. The zero-order valence-electron chi connectivity index (χ0n) is 14.1. The second kappa shape index (κ2) is 9.09. The molecule has 0 spiro atoms. The van der Waals surface area contributed by atoms with Crippen molar-refractivity contribution in [2.45, 2.75) is 46.5 Å². The molecular weight excluding hydrogens is 294 g/mol. The zero-order chi connectivity index (χ0) is 17.3. The maximum absolute atomic E-state index is 12.0. The SMILES string of the molecule is CCCCNC1=C/C(=C(/C#N)C(=O)OCCN=O)CC(C)(C)C1. The molecule has 0 aromatic rings. The highest BCUT2D eigenvalue weighted by atomic mass is 16.5. The van der Waals surface area contributed by atoms with Crippen LogP contribution in [0.3, 0.4) is 0 Å². The van der Waals surface area contributed by atoms with Gasteiger partial charge in [-0.2, -0.15) is 10.2 Å². The third kappa shape index (κ3) is 6.23. The fourth-order valence-electron chi connectivity index (χ4n) is 2.60. The van der Waals surface area contributed by atoms with Crippen LogP contribution in [0.1, 0.15) is 46.5 Å². The predicted octanol–water partition coefficient (Wildman–Crippen LogP) is 3.21. The molecule has 0 aromatic heterocycles. The summed E-state index contributed by atoms with van der Waals surface area (Å²) in [7, 11) is 0. The maximum atomic E-state index is 12.0. The van der Waals surface area contributed by atoms with Crippen LogP contribution < -0.4 is 5.32 Å². The largest absolute Gasteiger partial charge is 0.459 e. The molecule has 0 aliphatic heterocycles. The van der Waals surface area contributed by atoms with Gasteiger partial charge >= 0.3 is 5.97 Å². The Morgan fingerprint density at radius 1 is 1.48 bits per heavy atom. The topological polar surface area (TPSA) is 91.6 Å². The Morgan fingerprint density at radius 3 is 2.83 bits per heavy atom. The minimum Gasteiger partial charge on any atom is -0.459 e. The summed E-state index contributed by atoms with van der Waals surface area (Å²) in [6.45, 7) is 7.02. The van der Waals surface area contributed by atoms with Crippen molar-refractivity contribution < 1.29 is 9.53 Å². The van der Waals surface area contributed by atoms with E-state index in [0.29, 0.717) is 12.0 Å². The molecule has 0 heterocycles. The van der Waals surface area contributed by atoms with Crippen LogP contribution in [-0.2, 0) is 9.53 Å². The highest BCUT2D eigenvalue weighted by molar-refractivity contribution is 5.94. The number of nitrogens with one attached hydrogen (secondary N) is 1. The fourth-order valence-corrected chi connectivity index (χ4v) is 2.60. The number of unbranched alkanes of at least 4 members (excludes halogenated alkanes) is 1. The number of hydrogen-bond donors (Lipinski definition) is 1. The van der Waals surface area contributed by atoms with E-state index >= 15 is 0 Å². The van der Waals surface area contributed by atoms with Crippen LogP contribution >= 0.6 is 0 Å². The monoisotopic (exact) mass is 319 g/mol. The summed E-state index contributed by atoms with van der Waals surface area (Å²) in [5.41, 5.74) is 1.70. The Hall–Kier alpha value is -2.16. The lowest BCUT2D eigenvalue weighted by atomic mass is 9.76. The van der Waals surface area contributed by atoms with Gasteiger partial charge in [-0.25, -0.2) is 4.79 Å². The lowest BCUT2D eigenvalue weighted by Crippen LogP contribution is -2.26. The van der Waals surface area contributed by atoms with E-state index in [1.807, 2.05) is 12.1 Å². The van der Waals surface area contributed by atoms with E-state index in [-0.39, 0.29) is 24.1 Å². The van der Waals surface area contributed by atoms with E-state index in [1.165, 1.54) is 0 Å². The number of esters is 1. The Labute approximate surface area is 137 Å². The van der Waals surface area contributed by atoms with Crippen molar-refractivity contribution in [2.75, 3.05) is 19.7 Å². The number of rotatable bonds is 8. The molecule has 0 unspecified atom stereocenters. The van der Waals surface area contributed by atoms with Gasteiger partial charge in [0.05, 0.1) is 0 Å². The van der Waals surface area contributed by atoms with Gasteiger partial charge < -0.3 is 10.1 Å². The van der Waals surface area contributed by atoms with Crippen molar-refractivity contribution >= 4 is 5.97 Å². The highest BCUT2D eigenvalue weighted by Gasteiger charge is 2.29.